The summed E-state index contributed by atoms with van der Waals surface area (Å²) in [6, 6.07) is 7.97. The van der Waals surface area contributed by atoms with E-state index in [1.165, 1.54) is 28.4 Å². The van der Waals surface area contributed by atoms with Crippen molar-refractivity contribution in [3.63, 3.8) is 0 Å². The van der Waals surface area contributed by atoms with Gasteiger partial charge in [-0.3, -0.25) is 4.79 Å². The average molecular weight is 370 g/mol. The Balaban J connectivity index is 1.45. The van der Waals surface area contributed by atoms with Gasteiger partial charge >= 0.3 is 0 Å². The molecule has 0 aliphatic rings. The van der Waals surface area contributed by atoms with Crippen LogP contribution in [0.1, 0.15) is 21.9 Å². The van der Waals surface area contributed by atoms with Gasteiger partial charge in [0.05, 0.1) is 5.69 Å². The van der Waals surface area contributed by atoms with Crippen molar-refractivity contribution in [3.05, 3.63) is 64.9 Å². The number of aromatic nitrogens is 5. The van der Waals surface area contributed by atoms with Gasteiger partial charge in [0.25, 0.3) is 5.91 Å². The molecule has 7 nitrogen and oxygen atoms in total. The Morgan fingerprint density at radius 1 is 1.35 bits per heavy atom. The number of benzene rings is 1. The van der Waals surface area contributed by atoms with E-state index in [0.29, 0.717) is 24.3 Å². The summed E-state index contributed by atoms with van der Waals surface area (Å²) in [5.41, 5.74) is 2.23. The van der Waals surface area contributed by atoms with Crippen LogP contribution >= 0.6 is 11.3 Å². The minimum Gasteiger partial charge on any atom is -0.350 e. The Bertz CT molecular complexity index is 1080. The molecule has 26 heavy (non-hydrogen) atoms. The summed E-state index contributed by atoms with van der Waals surface area (Å²) in [6.45, 7) is 2.22. The molecule has 4 aromatic rings. The highest BCUT2D eigenvalue weighted by Gasteiger charge is 2.15. The maximum atomic E-state index is 14.0. The monoisotopic (exact) mass is 370 g/mol. The maximum absolute atomic E-state index is 14.0. The molecule has 3 heterocycles. The molecule has 4 rings (SSSR count). The first-order valence-corrected chi connectivity index (χ1v) is 8.87. The van der Waals surface area contributed by atoms with Crippen LogP contribution < -0.4 is 5.32 Å². The van der Waals surface area contributed by atoms with Crippen LogP contribution in [0.25, 0.3) is 10.6 Å². The lowest BCUT2D eigenvalue weighted by molar-refractivity contribution is 0.0948. The molecule has 9 heteroatoms. The highest BCUT2D eigenvalue weighted by Crippen LogP contribution is 2.16. The van der Waals surface area contributed by atoms with Crippen molar-refractivity contribution < 1.29 is 9.18 Å². The van der Waals surface area contributed by atoms with E-state index in [-0.39, 0.29) is 17.4 Å². The smallest absolute Gasteiger partial charge is 0.271 e. The predicted molar refractivity (Wildman–Crippen MR) is 95.2 cm³/mol. The highest BCUT2D eigenvalue weighted by molar-refractivity contribution is 7.15. The van der Waals surface area contributed by atoms with Gasteiger partial charge in [0.1, 0.15) is 17.8 Å². The number of nitrogens with zero attached hydrogens (tertiary/aromatic N) is 5. The number of fused-ring (bicyclic) bond motifs is 1. The molecule has 0 aliphatic heterocycles. The van der Waals surface area contributed by atoms with Crippen LogP contribution in [-0.4, -0.2) is 36.8 Å². The summed E-state index contributed by atoms with van der Waals surface area (Å²) in [4.78, 5) is 17.3. The Kier molecular flexibility index (Phi) is 4.21. The summed E-state index contributed by atoms with van der Waals surface area (Å²) >= 11 is 1.51. The second-order valence-corrected chi connectivity index (χ2v) is 6.56. The Hall–Kier alpha value is -3.07. The number of amides is 1. The Morgan fingerprint density at radius 3 is 3.04 bits per heavy atom. The molecule has 3 aromatic heterocycles. The second kappa shape index (κ2) is 6.68. The summed E-state index contributed by atoms with van der Waals surface area (Å²) in [5.74, 6) is -0.687. The van der Waals surface area contributed by atoms with Crippen LogP contribution in [0.5, 0.6) is 0 Å². The van der Waals surface area contributed by atoms with Gasteiger partial charge in [0.15, 0.2) is 5.69 Å². The van der Waals surface area contributed by atoms with E-state index in [1.807, 2.05) is 5.38 Å². The van der Waals surface area contributed by atoms with Crippen molar-refractivity contribution >= 4 is 22.2 Å². The zero-order valence-corrected chi connectivity index (χ0v) is 14.7. The van der Waals surface area contributed by atoms with Crippen LogP contribution in [0, 0.1) is 12.7 Å². The van der Waals surface area contributed by atoms with E-state index in [9.17, 15) is 9.18 Å². The van der Waals surface area contributed by atoms with Crippen molar-refractivity contribution in [2.24, 2.45) is 0 Å². The molecular weight excluding hydrogens is 355 g/mol. The van der Waals surface area contributed by atoms with Crippen molar-refractivity contribution in [1.29, 1.82) is 0 Å². The van der Waals surface area contributed by atoms with Crippen LogP contribution in [0.15, 0.2) is 42.0 Å². The molecule has 0 unspecified atom stereocenters. The molecule has 0 spiro atoms. The molecule has 0 radical (unpaired) electrons. The van der Waals surface area contributed by atoms with Crippen molar-refractivity contribution in [2.45, 2.75) is 13.3 Å². The Morgan fingerprint density at radius 2 is 2.19 bits per heavy atom. The fourth-order valence-corrected chi connectivity index (χ4v) is 3.52. The molecule has 0 bridgehead atoms. The number of aryl methyl sites for hydroxylation is 1. The lowest BCUT2D eigenvalue weighted by atomic mass is 10.3. The number of halogens is 1. The number of rotatable bonds is 5. The van der Waals surface area contributed by atoms with Gasteiger partial charge in [-0.15, -0.1) is 11.3 Å². The summed E-state index contributed by atoms with van der Waals surface area (Å²) < 4.78 is 17.1. The summed E-state index contributed by atoms with van der Waals surface area (Å²) in [6.07, 6.45) is 2.13. The Labute approximate surface area is 152 Å². The third kappa shape index (κ3) is 2.97. The van der Waals surface area contributed by atoms with Crippen molar-refractivity contribution in [3.8, 4) is 5.69 Å². The van der Waals surface area contributed by atoms with E-state index >= 15 is 0 Å². The van der Waals surface area contributed by atoms with Gasteiger partial charge in [-0.2, -0.15) is 10.2 Å². The van der Waals surface area contributed by atoms with Crippen LogP contribution in [0.2, 0.25) is 0 Å². The SMILES string of the molecule is Cc1cc(C(=O)NCCc2csc3ncnn23)nn1-c1ccccc1F. The van der Waals surface area contributed by atoms with Crippen molar-refractivity contribution in [1.82, 2.24) is 29.7 Å². The third-order valence-corrected chi connectivity index (χ3v) is 4.84. The van der Waals surface area contributed by atoms with Crippen LogP contribution in [0.3, 0.4) is 0 Å². The molecular formula is C17H15FN6OS. The molecule has 1 N–H and O–H groups in total. The van der Waals surface area contributed by atoms with E-state index in [0.717, 1.165) is 10.7 Å². The zero-order valence-electron chi connectivity index (χ0n) is 13.9. The van der Waals surface area contributed by atoms with Gasteiger partial charge in [-0.1, -0.05) is 12.1 Å². The number of thiazole rings is 1. The highest BCUT2D eigenvalue weighted by atomic mass is 32.1. The topological polar surface area (TPSA) is 77.1 Å². The largest absolute Gasteiger partial charge is 0.350 e. The fourth-order valence-electron chi connectivity index (χ4n) is 2.69. The number of hydrogen-bond acceptors (Lipinski definition) is 5. The first kappa shape index (κ1) is 16.4. The van der Waals surface area contributed by atoms with E-state index < -0.39 is 0 Å². The lowest BCUT2D eigenvalue weighted by Gasteiger charge is -2.05. The molecule has 0 saturated heterocycles. The van der Waals surface area contributed by atoms with E-state index in [1.54, 1.807) is 35.7 Å². The third-order valence-electron chi connectivity index (χ3n) is 3.96. The standard InChI is InChI=1S/C17H15FN6OS/c1-11-8-14(22-23(11)15-5-3-2-4-13(15)18)16(25)19-7-6-12-9-26-17-20-10-21-24(12)17/h2-5,8-10H,6-7H2,1H3,(H,19,25). The minimum absolute atomic E-state index is 0.252. The van der Waals surface area contributed by atoms with Crippen LogP contribution in [-0.2, 0) is 6.42 Å². The number of para-hydroxylation sites is 1. The molecule has 0 aliphatic carbocycles. The maximum Gasteiger partial charge on any atom is 0.271 e. The number of carbonyl (C=O) groups excluding carboxylic acids is 1. The average Bonchev–Trinajstić information content (AvgIpc) is 3.32. The quantitative estimate of drug-likeness (QED) is 0.585. The van der Waals surface area contributed by atoms with Crippen molar-refractivity contribution in [2.75, 3.05) is 6.54 Å². The first-order chi connectivity index (χ1) is 12.6. The van der Waals surface area contributed by atoms with Crippen LogP contribution in [0.4, 0.5) is 4.39 Å². The first-order valence-electron chi connectivity index (χ1n) is 7.99. The molecule has 132 valence electrons. The molecule has 1 amide bonds. The van der Waals surface area contributed by atoms with Gasteiger partial charge in [-0.25, -0.2) is 18.6 Å². The number of nitrogens with one attached hydrogen (secondary N) is 1. The summed E-state index contributed by atoms with van der Waals surface area (Å²) in [5, 5.41) is 13.2. The normalized spacial score (nSPS) is 11.2. The van der Waals surface area contributed by atoms with Gasteiger partial charge in [0, 0.05) is 24.0 Å². The predicted octanol–water partition coefficient (Wildman–Crippen LogP) is 2.40. The fraction of sp³-hybridized carbons (Fsp3) is 0.176. The minimum atomic E-state index is -0.389. The van der Waals surface area contributed by atoms with Gasteiger partial charge in [-0.05, 0) is 25.1 Å². The molecule has 0 fully saturated rings. The molecule has 1 aromatic carbocycles. The van der Waals surface area contributed by atoms with Gasteiger partial charge in [0.2, 0.25) is 4.96 Å². The molecule has 0 atom stereocenters. The van der Waals surface area contributed by atoms with E-state index in [2.05, 4.69) is 20.5 Å². The second-order valence-electron chi connectivity index (χ2n) is 5.72. The lowest BCUT2D eigenvalue weighted by Crippen LogP contribution is -2.26. The number of carbonyl (C=O) groups is 1. The number of hydrogen-bond donors (Lipinski definition) is 1. The molecule has 0 saturated carbocycles. The summed E-state index contributed by atoms with van der Waals surface area (Å²) in [7, 11) is 0. The van der Waals surface area contributed by atoms with E-state index in [4.69, 9.17) is 0 Å². The van der Waals surface area contributed by atoms with Gasteiger partial charge < -0.3 is 5.32 Å². The zero-order chi connectivity index (χ0) is 18.1.